The predicted octanol–water partition coefficient (Wildman–Crippen LogP) is 2.87. The lowest BCUT2D eigenvalue weighted by Crippen LogP contribution is -2.53. The number of likely N-dealkylation sites (N-methyl/N-ethyl adjacent to an activating group) is 1. The van der Waals surface area contributed by atoms with E-state index in [4.69, 9.17) is 9.47 Å². The molecule has 156 valence electrons. The number of anilines is 1. The van der Waals surface area contributed by atoms with E-state index in [2.05, 4.69) is 15.9 Å². The van der Waals surface area contributed by atoms with Gasteiger partial charge < -0.3 is 14.4 Å². The molecule has 6 nitrogen and oxygen atoms in total. The number of carbonyl (C=O) groups excluding carboxylic acids is 1. The summed E-state index contributed by atoms with van der Waals surface area (Å²) in [5, 5.41) is 0. The van der Waals surface area contributed by atoms with E-state index in [1.54, 1.807) is 19.1 Å². The molecule has 3 rings (SSSR count). The third-order valence-corrected chi connectivity index (χ3v) is 5.64. The molecule has 1 amide bonds. The minimum absolute atomic E-state index is 0.129. The van der Waals surface area contributed by atoms with Crippen molar-refractivity contribution in [3.05, 3.63) is 54.1 Å². The zero-order valence-corrected chi connectivity index (χ0v) is 17.8. The van der Waals surface area contributed by atoms with Gasteiger partial charge in [-0.25, -0.2) is 0 Å². The minimum Gasteiger partial charge on any atom is -0.493 e. The number of carbonyl (C=O) groups is 1. The van der Waals surface area contributed by atoms with Crippen LogP contribution in [0.1, 0.15) is 12.5 Å². The Labute approximate surface area is 173 Å². The largest absolute Gasteiger partial charge is 0.493 e. The zero-order chi connectivity index (χ0) is 20.8. The van der Waals surface area contributed by atoms with Crippen molar-refractivity contribution in [2.45, 2.75) is 19.5 Å². The quantitative estimate of drug-likeness (QED) is 0.719. The molecule has 0 bridgehead atoms. The summed E-state index contributed by atoms with van der Waals surface area (Å²) in [4.78, 5) is 19.3. The van der Waals surface area contributed by atoms with Crippen molar-refractivity contribution in [3.8, 4) is 11.5 Å². The molecule has 1 aliphatic heterocycles. The van der Waals surface area contributed by atoms with Crippen LogP contribution in [0.5, 0.6) is 11.5 Å². The summed E-state index contributed by atoms with van der Waals surface area (Å²) in [5.41, 5.74) is 2.13. The van der Waals surface area contributed by atoms with Crippen molar-refractivity contribution < 1.29 is 14.3 Å². The number of nitrogens with zero attached hydrogens (tertiary/aromatic N) is 3. The first-order chi connectivity index (χ1) is 14.0. The van der Waals surface area contributed by atoms with Gasteiger partial charge in [0, 0.05) is 45.5 Å². The van der Waals surface area contributed by atoms with Gasteiger partial charge in [-0.3, -0.25) is 14.6 Å². The Hall–Kier alpha value is -2.57. The first kappa shape index (κ1) is 21.1. The summed E-state index contributed by atoms with van der Waals surface area (Å²) < 4.78 is 10.7. The number of ether oxygens (including phenoxy) is 2. The van der Waals surface area contributed by atoms with Gasteiger partial charge in [-0.15, -0.1) is 0 Å². The van der Waals surface area contributed by atoms with Crippen LogP contribution < -0.4 is 14.4 Å². The van der Waals surface area contributed by atoms with E-state index < -0.39 is 0 Å². The number of hydrogen-bond acceptors (Lipinski definition) is 5. The standard InChI is InChI=1S/C23H31N3O3/c1-18(23(27)24(2)20-8-6-5-7-9-20)26-14-12-25(13-15-26)17-19-10-11-21(28-3)22(16-19)29-4/h5-11,16,18H,12-15,17H2,1-4H3/t18-/m1/s1. The molecule has 0 spiro atoms. The van der Waals surface area contributed by atoms with Gasteiger partial charge in [0.05, 0.1) is 20.3 Å². The second-order valence-electron chi connectivity index (χ2n) is 7.41. The Kier molecular flexibility index (Phi) is 7.12. The molecule has 0 saturated carbocycles. The van der Waals surface area contributed by atoms with Crippen LogP contribution in [-0.4, -0.2) is 69.2 Å². The third kappa shape index (κ3) is 5.08. The number of para-hydroxylation sites is 1. The van der Waals surface area contributed by atoms with Gasteiger partial charge in [0.2, 0.25) is 5.91 Å². The molecule has 1 fully saturated rings. The van der Waals surface area contributed by atoms with E-state index in [-0.39, 0.29) is 11.9 Å². The van der Waals surface area contributed by atoms with Gasteiger partial charge >= 0.3 is 0 Å². The molecular formula is C23H31N3O3. The van der Waals surface area contributed by atoms with Gasteiger partial charge in [-0.05, 0) is 36.8 Å². The Balaban J connectivity index is 1.54. The summed E-state index contributed by atoms with van der Waals surface area (Å²) >= 11 is 0. The van der Waals surface area contributed by atoms with E-state index in [1.165, 1.54) is 5.56 Å². The molecule has 0 radical (unpaired) electrons. The Morgan fingerprint density at radius 1 is 1.00 bits per heavy atom. The van der Waals surface area contributed by atoms with E-state index in [0.717, 1.165) is 49.9 Å². The number of amides is 1. The number of piperazine rings is 1. The number of benzene rings is 2. The van der Waals surface area contributed by atoms with Crippen LogP contribution in [0.2, 0.25) is 0 Å². The lowest BCUT2D eigenvalue weighted by molar-refractivity contribution is -0.123. The fourth-order valence-electron chi connectivity index (χ4n) is 3.76. The maximum atomic E-state index is 12.9. The van der Waals surface area contributed by atoms with Crippen LogP contribution in [0.4, 0.5) is 5.69 Å². The first-order valence-corrected chi connectivity index (χ1v) is 10.0. The van der Waals surface area contributed by atoms with Crippen molar-refractivity contribution in [2.24, 2.45) is 0 Å². The van der Waals surface area contributed by atoms with Crippen LogP contribution in [0, 0.1) is 0 Å². The fourth-order valence-corrected chi connectivity index (χ4v) is 3.76. The molecule has 0 unspecified atom stereocenters. The molecule has 2 aromatic rings. The highest BCUT2D eigenvalue weighted by Crippen LogP contribution is 2.28. The molecule has 2 aromatic carbocycles. The first-order valence-electron chi connectivity index (χ1n) is 10.0. The maximum Gasteiger partial charge on any atom is 0.243 e. The summed E-state index contributed by atoms with van der Waals surface area (Å²) in [6.45, 7) is 6.49. The van der Waals surface area contributed by atoms with Crippen LogP contribution in [0.25, 0.3) is 0 Å². The van der Waals surface area contributed by atoms with E-state index in [1.807, 2.05) is 56.4 Å². The highest BCUT2D eigenvalue weighted by molar-refractivity contribution is 5.96. The van der Waals surface area contributed by atoms with Gasteiger partial charge in [-0.1, -0.05) is 24.3 Å². The number of methoxy groups -OCH3 is 2. The van der Waals surface area contributed by atoms with Gasteiger partial charge in [0.15, 0.2) is 11.5 Å². The Bertz CT molecular complexity index is 804. The van der Waals surface area contributed by atoms with Crippen molar-refractivity contribution in [3.63, 3.8) is 0 Å². The Morgan fingerprint density at radius 2 is 1.66 bits per heavy atom. The third-order valence-electron chi connectivity index (χ3n) is 5.64. The van der Waals surface area contributed by atoms with E-state index >= 15 is 0 Å². The lowest BCUT2D eigenvalue weighted by Gasteiger charge is -2.38. The number of rotatable bonds is 7. The van der Waals surface area contributed by atoms with Gasteiger partial charge in [0.1, 0.15) is 0 Å². The van der Waals surface area contributed by atoms with Crippen molar-refractivity contribution >= 4 is 11.6 Å². The molecule has 0 aliphatic carbocycles. The molecule has 6 heteroatoms. The normalized spacial score (nSPS) is 16.3. The zero-order valence-electron chi connectivity index (χ0n) is 17.8. The average Bonchev–Trinajstić information content (AvgIpc) is 2.78. The predicted molar refractivity (Wildman–Crippen MR) is 116 cm³/mol. The van der Waals surface area contributed by atoms with Crippen molar-refractivity contribution in [1.29, 1.82) is 0 Å². The minimum atomic E-state index is -0.136. The molecule has 1 aliphatic rings. The van der Waals surface area contributed by atoms with Crippen molar-refractivity contribution in [1.82, 2.24) is 9.80 Å². The second-order valence-corrected chi connectivity index (χ2v) is 7.41. The average molecular weight is 398 g/mol. The van der Waals surface area contributed by atoms with E-state index in [0.29, 0.717) is 0 Å². The highest BCUT2D eigenvalue weighted by atomic mass is 16.5. The maximum absolute atomic E-state index is 12.9. The topological polar surface area (TPSA) is 45.2 Å². The van der Waals surface area contributed by atoms with Crippen LogP contribution >= 0.6 is 0 Å². The van der Waals surface area contributed by atoms with Crippen LogP contribution in [0.15, 0.2) is 48.5 Å². The summed E-state index contributed by atoms with van der Waals surface area (Å²) in [6, 6.07) is 15.7. The van der Waals surface area contributed by atoms with Crippen LogP contribution in [0.3, 0.4) is 0 Å². The molecule has 1 heterocycles. The van der Waals surface area contributed by atoms with Crippen molar-refractivity contribution in [2.75, 3.05) is 52.3 Å². The highest BCUT2D eigenvalue weighted by Gasteiger charge is 2.28. The molecule has 0 aromatic heterocycles. The van der Waals surface area contributed by atoms with Gasteiger partial charge in [-0.2, -0.15) is 0 Å². The molecular weight excluding hydrogens is 366 g/mol. The number of hydrogen-bond donors (Lipinski definition) is 0. The summed E-state index contributed by atoms with van der Waals surface area (Å²) in [5.74, 6) is 1.63. The van der Waals surface area contributed by atoms with E-state index in [9.17, 15) is 4.79 Å². The lowest BCUT2D eigenvalue weighted by atomic mass is 10.1. The fraction of sp³-hybridized carbons (Fsp3) is 0.435. The molecule has 1 atom stereocenters. The Morgan fingerprint density at radius 3 is 2.28 bits per heavy atom. The molecule has 0 N–H and O–H groups in total. The summed E-state index contributed by atoms with van der Waals surface area (Å²) in [6.07, 6.45) is 0. The molecule has 29 heavy (non-hydrogen) atoms. The molecule has 1 saturated heterocycles. The smallest absolute Gasteiger partial charge is 0.243 e. The second kappa shape index (κ2) is 9.76. The van der Waals surface area contributed by atoms with Crippen LogP contribution in [-0.2, 0) is 11.3 Å². The summed E-state index contributed by atoms with van der Waals surface area (Å²) in [7, 11) is 5.15. The van der Waals surface area contributed by atoms with Gasteiger partial charge in [0.25, 0.3) is 0 Å². The monoisotopic (exact) mass is 397 g/mol. The SMILES string of the molecule is COc1ccc(CN2CCN([C@H](C)C(=O)N(C)c3ccccc3)CC2)cc1OC.